The molecule has 1 N–H and O–H groups in total. The summed E-state index contributed by atoms with van der Waals surface area (Å²) in [6.07, 6.45) is 2.93. The first-order valence-corrected chi connectivity index (χ1v) is 8.03. The number of carboxylic acid groups (broad SMARTS) is 1. The quantitative estimate of drug-likeness (QED) is 0.921. The number of rotatable bonds is 4. The van der Waals surface area contributed by atoms with Gasteiger partial charge in [0.15, 0.2) is 0 Å². The molecule has 0 aliphatic carbocycles. The molecule has 1 aliphatic heterocycles. The van der Waals surface area contributed by atoms with E-state index < -0.39 is 11.8 Å². The minimum Gasteiger partial charge on any atom is -0.478 e. The van der Waals surface area contributed by atoms with Crippen LogP contribution in [0.25, 0.3) is 11.3 Å². The minimum atomic E-state index is -1.14. The number of carbonyl (C=O) groups is 2. The van der Waals surface area contributed by atoms with E-state index >= 15 is 0 Å². The van der Waals surface area contributed by atoms with Gasteiger partial charge < -0.3 is 10.0 Å². The number of benzene rings is 1. The van der Waals surface area contributed by atoms with Crippen LogP contribution in [0.1, 0.15) is 29.4 Å². The Bertz CT molecular complexity index is 825. The van der Waals surface area contributed by atoms with Gasteiger partial charge in [0.2, 0.25) is 5.91 Å². The van der Waals surface area contributed by atoms with Crippen LogP contribution in [-0.2, 0) is 11.2 Å². The van der Waals surface area contributed by atoms with Gasteiger partial charge in [-0.05, 0) is 43.0 Å². The lowest BCUT2D eigenvalue weighted by atomic mass is 9.99. The highest BCUT2D eigenvalue weighted by molar-refractivity contribution is 5.95. The van der Waals surface area contributed by atoms with Crippen molar-refractivity contribution in [2.45, 2.75) is 19.8 Å². The molecule has 25 heavy (non-hydrogen) atoms. The predicted molar refractivity (Wildman–Crippen MR) is 88.5 cm³/mol. The Labute approximate surface area is 144 Å². The van der Waals surface area contributed by atoms with Crippen molar-refractivity contribution in [3.05, 3.63) is 47.7 Å². The number of carbonyl (C=O) groups excluding carboxylic acids is 1. The maximum absolute atomic E-state index is 13.6. The molecule has 7 heteroatoms. The van der Waals surface area contributed by atoms with E-state index in [0.717, 1.165) is 24.7 Å². The number of hydrogen-bond donors (Lipinski definition) is 1. The maximum atomic E-state index is 13.6. The van der Waals surface area contributed by atoms with Crippen LogP contribution in [0.3, 0.4) is 0 Å². The third-order valence-corrected chi connectivity index (χ3v) is 4.44. The van der Waals surface area contributed by atoms with Crippen molar-refractivity contribution < 1.29 is 19.1 Å². The zero-order chi connectivity index (χ0) is 18.0. The van der Waals surface area contributed by atoms with E-state index in [2.05, 4.69) is 9.97 Å². The number of likely N-dealkylation sites (tertiary alicyclic amines) is 1. The van der Waals surface area contributed by atoms with Crippen molar-refractivity contribution in [1.82, 2.24) is 14.9 Å². The van der Waals surface area contributed by atoms with E-state index in [-0.39, 0.29) is 17.0 Å². The SMILES string of the molecule is CC(=O)N1CC[C@H](Cc2cc(-c3cc(F)ccc3C(=O)O)ncn2)C1. The van der Waals surface area contributed by atoms with Crippen molar-refractivity contribution in [2.75, 3.05) is 13.1 Å². The summed E-state index contributed by atoms with van der Waals surface area (Å²) in [7, 11) is 0. The molecule has 1 fully saturated rings. The lowest BCUT2D eigenvalue weighted by Crippen LogP contribution is -2.26. The first-order valence-electron chi connectivity index (χ1n) is 8.03. The average molecular weight is 343 g/mol. The van der Waals surface area contributed by atoms with Gasteiger partial charge >= 0.3 is 5.97 Å². The van der Waals surface area contributed by atoms with Gasteiger partial charge in [-0.3, -0.25) is 4.79 Å². The third kappa shape index (κ3) is 3.81. The van der Waals surface area contributed by atoms with Crippen LogP contribution in [0.15, 0.2) is 30.6 Å². The van der Waals surface area contributed by atoms with Gasteiger partial charge in [0.05, 0.1) is 11.3 Å². The number of amides is 1. The molecular weight excluding hydrogens is 325 g/mol. The lowest BCUT2D eigenvalue weighted by Gasteiger charge is -2.14. The summed E-state index contributed by atoms with van der Waals surface area (Å²) in [6.45, 7) is 2.99. The highest BCUT2D eigenvalue weighted by Gasteiger charge is 2.25. The second-order valence-electron chi connectivity index (χ2n) is 6.21. The summed E-state index contributed by atoms with van der Waals surface area (Å²) in [4.78, 5) is 32.9. The topological polar surface area (TPSA) is 83.4 Å². The third-order valence-electron chi connectivity index (χ3n) is 4.44. The number of aromatic nitrogens is 2. The van der Waals surface area contributed by atoms with E-state index in [1.165, 1.54) is 18.5 Å². The van der Waals surface area contributed by atoms with Gasteiger partial charge in [0, 0.05) is 31.3 Å². The van der Waals surface area contributed by atoms with Gasteiger partial charge in [-0.1, -0.05) is 0 Å². The largest absolute Gasteiger partial charge is 0.478 e. The van der Waals surface area contributed by atoms with E-state index in [0.29, 0.717) is 24.6 Å². The Morgan fingerprint density at radius 2 is 2.12 bits per heavy atom. The molecule has 1 aliphatic rings. The molecule has 3 rings (SSSR count). The lowest BCUT2D eigenvalue weighted by molar-refractivity contribution is -0.127. The Hall–Kier alpha value is -2.83. The fourth-order valence-electron chi connectivity index (χ4n) is 3.15. The second kappa shape index (κ2) is 6.96. The van der Waals surface area contributed by atoms with Gasteiger partial charge in [-0.25, -0.2) is 19.2 Å². The van der Waals surface area contributed by atoms with E-state index in [9.17, 15) is 19.1 Å². The standard InChI is InChI=1S/C18H18FN3O3/c1-11(23)22-5-4-12(9-22)6-14-8-17(21-10-20-14)16-7-13(19)2-3-15(16)18(24)25/h2-3,7-8,10,12H,4-6,9H2,1H3,(H,24,25)/t12-/m1/s1. The molecule has 2 heterocycles. The molecule has 0 saturated carbocycles. The van der Waals surface area contributed by atoms with Crippen LogP contribution in [-0.4, -0.2) is 44.9 Å². The number of aromatic carboxylic acids is 1. The molecule has 0 unspecified atom stereocenters. The zero-order valence-corrected chi connectivity index (χ0v) is 13.8. The zero-order valence-electron chi connectivity index (χ0n) is 13.8. The van der Waals surface area contributed by atoms with Crippen molar-refractivity contribution in [1.29, 1.82) is 0 Å². The molecule has 1 saturated heterocycles. The van der Waals surface area contributed by atoms with Gasteiger partial charge in [0.1, 0.15) is 12.1 Å². The first-order chi connectivity index (χ1) is 11.9. The van der Waals surface area contributed by atoms with Crippen LogP contribution in [0.4, 0.5) is 4.39 Å². The van der Waals surface area contributed by atoms with Gasteiger partial charge in [0.25, 0.3) is 0 Å². The molecule has 1 atom stereocenters. The summed E-state index contributed by atoms with van der Waals surface area (Å²) in [5, 5.41) is 9.29. The first kappa shape index (κ1) is 17.0. The van der Waals surface area contributed by atoms with Crippen molar-refractivity contribution >= 4 is 11.9 Å². The number of hydrogen-bond acceptors (Lipinski definition) is 4. The molecule has 0 bridgehead atoms. The summed E-state index contributed by atoms with van der Waals surface area (Å²) >= 11 is 0. The van der Waals surface area contributed by atoms with Gasteiger partial charge in [-0.2, -0.15) is 0 Å². The van der Waals surface area contributed by atoms with E-state index in [1.807, 2.05) is 4.90 Å². The molecule has 130 valence electrons. The van der Waals surface area contributed by atoms with Gasteiger partial charge in [-0.15, -0.1) is 0 Å². The van der Waals surface area contributed by atoms with Crippen LogP contribution >= 0.6 is 0 Å². The van der Waals surface area contributed by atoms with Crippen LogP contribution < -0.4 is 0 Å². The predicted octanol–water partition coefficient (Wildman–Crippen LogP) is 2.39. The summed E-state index contributed by atoms with van der Waals surface area (Å²) in [6, 6.07) is 5.21. The monoisotopic (exact) mass is 343 g/mol. The summed E-state index contributed by atoms with van der Waals surface area (Å²) in [5.41, 5.74) is 1.35. The summed E-state index contributed by atoms with van der Waals surface area (Å²) < 4.78 is 13.6. The normalized spacial score (nSPS) is 16.9. The molecular formula is C18H18FN3O3. The van der Waals surface area contributed by atoms with E-state index in [4.69, 9.17) is 0 Å². The van der Waals surface area contributed by atoms with Crippen LogP contribution in [0.5, 0.6) is 0 Å². The average Bonchev–Trinajstić information content (AvgIpc) is 3.03. The fourth-order valence-corrected chi connectivity index (χ4v) is 3.15. The molecule has 1 aromatic carbocycles. The van der Waals surface area contributed by atoms with E-state index in [1.54, 1.807) is 13.0 Å². The Balaban J connectivity index is 1.84. The number of halogens is 1. The molecule has 0 spiro atoms. The maximum Gasteiger partial charge on any atom is 0.336 e. The number of carboxylic acids is 1. The second-order valence-corrected chi connectivity index (χ2v) is 6.21. The van der Waals surface area contributed by atoms with Crippen LogP contribution in [0.2, 0.25) is 0 Å². The minimum absolute atomic E-state index is 0.00493. The number of nitrogens with zero attached hydrogens (tertiary/aromatic N) is 3. The smallest absolute Gasteiger partial charge is 0.336 e. The van der Waals surface area contributed by atoms with Crippen molar-refractivity contribution in [2.24, 2.45) is 5.92 Å². The summed E-state index contributed by atoms with van der Waals surface area (Å²) in [5.74, 6) is -1.29. The Morgan fingerprint density at radius 1 is 1.32 bits per heavy atom. The molecule has 6 nitrogen and oxygen atoms in total. The van der Waals surface area contributed by atoms with Crippen molar-refractivity contribution in [3.8, 4) is 11.3 Å². The fraction of sp³-hybridized carbons (Fsp3) is 0.333. The Morgan fingerprint density at radius 3 is 2.80 bits per heavy atom. The molecule has 1 aromatic heterocycles. The highest BCUT2D eigenvalue weighted by atomic mass is 19.1. The Kier molecular flexibility index (Phi) is 4.74. The molecule has 0 radical (unpaired) electrons. The highest BCUT2D eigenvalue weighted by Crippen LogP contribution is 2.25. The van der Waals surface area contributed by atoms with Crippen molar-refractivity contribution in [3.63, 3.8) is 0 Å². The molecule has 2 aromatic rings. The van der Waals surface area contributed by atoms with Crippen LogP contribution in [0, 0.1) is 11.7 Å². The molecule has 1 amide bonds.